The summed E-state index contributed by atoms with van der Waals surface area (Å²) in [7, 11) is 1.64. The molecule has 2 N–H and O–H groups in total. The van der Waals surface area contributed by atoms with Crippen molar-refractivity contribution >= 4 is 17.6 Å². The van der Waals surface area contributed by atoms with Gasteiger partial charge in [-0.15, -0.1) is 0 Å². The zero-order valence-electron chi connectivity index (χ0n) is 12.3. The number of rotatable bonds is 6. The number of aromatic nitrogens is 1. The average Bonchev–Trinajstić information content (AvgIpc) is 2.55. The van der Waals surface area contributed by atoms with Crippen LogP contribution < -0.4 is 15.4 Å². The summed E-state index contributed by atoms with van der Waals surface area (Å²) in [4.78, 5) is 15.6. The maximum Gasteiger partial charge on any atom is 0.315 e. The smallest absolute Gasteiger partial charge is 0.315 e. The van der Waals surface area contributed by atoms with Gasteiger partial charge in [-0.1, -0.05) is 29.8 Å². The molecule has 0 radical (unpaired) electrons. The van der Waals surface area contributed by atoms with Crippen LogP contribution in [0, 0.1) is 0 Å². The van der Waals surface area contributed by atoms with Gasteiger partial charge in [0.25, 0.3) is 0 Å². The molecule has 2 amide bonds. The summed E-state index contributed by atoms with van der Waals surface area (Å²) in [5.41, 5.74) is 2.04. The van der Waals surface area contributed by atoms with Crippen LogP contribution >= 0.6 is 11.6 Å². The lowest BCUT2D eigenvalue weighted by Crippen LogP contribution is -2.36. The molecule has 0 spiro atoms. The third kappa shape index (κ3) is 5.26. The summed E-state index contributed by atoms with van der Waals surface area (Å²) >= 11 is 5.70. The number of amides is 2. The highest BCUT2D eigenvalue weighted by molar-refractivity contribution is 6.29. The van der Waals surface area contributed by atoms with Crippen molar-refractivity contribution in [3.8, 4) is 5.75 Å². The van der Waals surface area contributed by atoms with Crippen LogP contribution in [0.2, 0.25) is 5.15 Å². The van der Waals surface area contributed by atoms with Gasteiger partial charge >= 0.3 is 6.03 Å². The number of pyridine rings is 1. The van der Waals surface area contributed by atoms with E-state index >= 15 is 0 Å². The molecule has 6 heteroatoms. The largest absolute Gasteiger partial charge is 0.497 e. The summed E-state index contributed by atoms with van der Waals surface area (Å²) < 4.78 is 5.10. The van der Waals surface area contributed by atoms with Crippen molar-refractivity contribution in [1.82, 2.24) is 15.6 Å². The summed E-state index contributed by atoms with van der Waals surface area (Å²) in [6.45, 7) is 0.982. The molecule has 2 aromatic rings. The molecule has 0 aliphatic heterocycles. The second kappa shape index (κ2) is 8.24. The van der Waals surface area contributed by atoms with Crippen molar-refractivity contribution in [2.45, 2.75) is 13.0 Å². The fourth-order valence-electron chi connectivity index (χ4n) is 1.87. The number of urea groups is 1. The number of nitrogens with zero attached hydrogens (tertiary/aromatic N) is 1. The zero-order valence-corrected chi connectivity index (χ0v) is 13.1. The van der Waals surface area contributed by atoms with Crippen LogP contribution in [-0.4, -0.2) is 24.7 Å². The van der Waals surface area contributed by atoms with Gasteiger partial charge in [0.1, 0.15) is 10.9 Å². The van der Waals surface area contributed by atoms with Crippen LogP contribution in [0.25, 0.3) is 0 Å². The average molecular weight is 320 g/mol. The molecular weight excluding hydrogens is 302 g/mol. The minimum atomic E-state index is -0.205. The normalized spacial score (nSPS) is 10.1. The van der Waals surface area contributed by atoms with E-state index in [-0.39, 0.29) is 6.03 Å². The summed E-state index contributed by atoms with van der Waals surface area (Å²) in [5, 5.41) is 6.02. The minimum absolute atomic E-state index is 0.205. The second-order valence-electron chi connectivity index (χ2n) is 4.70. The Labute approximate surface area is 134 Å². The first-order chi connectivity index (χ1) is 10.7. The molecule has 5 nitrogen and oxygen atoms in total. The van der Waals surface area contributed by atoms with Gasteiger partial charge in [-0.05, 0) is 35.7 Å². The van der Waals surface area contributed by atoms with Crippen LogP contribution in [0.1, 0.15) is 11.1 Å². The third-order valence-corrected chi connectivity index (χ3v) is 3.32. The number of carbonyl (C=O) groups is 1. The van der Waals surface area contributed by atoms with E-state index < -0.39 is 0 Å². The quantitative estimate of drug-likeness (QED) is 0.805. The Morgan fingerprint density at radius 2 is 1.86 bits per heavy atom. The predicted molar refractivity (Wildman–Crippen MR) is 86.2 cm³/mol. The summed E-state index contributed by atoms with van der Waals surface area (Å²) in [6, 6.07) is 11.1. The Kier molecular flexibility index (Phi) is 6.03. The monoisotopic (exact) mass is 319 g/mol. The fraction of sp³-hybridized carbons (Fsp3) is 0.250. The van der Waals surface area contributed by atoms with Gasteiger partial charge < -0.3 is 15.4 Å². The maximum absolute atomic E-state index is 11.7. The number of nitrogens with one attached hydrogen (secondary N) is 2. The standard InChI is InChI=1S/C16H18ClN3O2/c1-22-14-5-2-12(3-6-14)8-9-18-16(21)20-11-13-4-7-15(17)19-10-13/h2-7,10H,8-9,11H2,1H3,(H2,18,20,21). The molecule has 0 unspecified atom stereocenters. The van der Waals surface area contributed by atoms with E-state index in [1.165, 1.54) is 0 Å². The number of benzene rings is 1. The molecule has 116 valence electrons. The van der Waals surface area contributed by atoms with E-state index in [9.17, 15) is 4.79 Å². The first-order valence-electron chi connectivity index (χ1n) is 6.92. The molecule has 0 aliphatic rings. The number of ether oxygens (including phenoxy) is 1. The first-order valence-corrected chi connectivity index (χ1v) is 7.30. The molecule has 22 heavy (non-hydrogen) atoms. The van der Waals surface area contributed by atoms with Crippen molar-refractivity contribution in [2.75, 3.05) is 13.7 Å². The van der Waals surface area contributed by atoms with Crippen molar-refractivity contribution in [2.24, 2.45) is 0 Å². The van der Waals surface area contributed by atoms with Crippen molar-refractivity contribution < 1.29 is 9.53 Å². The number of methoxy groups -OCH3 is 1. The number of halogens is 1. The Morgan fingerprint density at radius 3 is 2.50 bits per heavy atom. The SMILES string of the molecule is COc1ccc(CCNC(=O)NCc2ccc(Cl)nc2)cc1. The van der Waals surface area contributed by atoms with Crippen LogP contribution in [0.15, 0.2) is 42.6 Å². The molecule has 1 aromatic carbocycles. The molecule has 1 heterocycles. The molecule has 0 saturated carbocycles. The van der Waals surface area contributed by atoms with Crippen molar-refractivity contribution in [3.63, 3.8) is 0 Å². The minimum Gasteiger partial charge on any atom is -0.497 e. The van der Waals surface area contributed by atoms with E-state index in [2.05, 4.69) is 15.6 Å². The van der Waals surface area contributed by atoms with Gasteiger partial charge in [-0.3, -0.25) is 0 Å². The Hall–Kier alpha value is -2.27. The Morgan fingerprint density at radius 1 is 1.14 bits per heavy atom. The molecule has 2 rings (SSSR count). The number of carbonyl (C=O) groups excluding carboxylic acids is 1. The second-order valence-corrected chi connectivity index (χ2v) is 5.08. The van der Waals surface area contributed by atoms with Gasteiger partial charge in [-0.2, -0.15) is 0 Å². The van der Waals surface area contributed by atoms with Gasteiger partial charge in [0.2, 0.25) is 0 Å². The number of hydrogen-bond donors (Lipinski definition) is 2. The third-order valence-electron chi connectivity index (χ3n) is 3.10. The lowest BCUT2D eigenvalue weighted by Gasteiger charge is -2.08. The topological polar surface area (TPSA) is 63.2 Å². The summed E-state index contributed by atoms with van der Waals surface area (Å²) in [5.74, 6) is 0.825. The summed E-state index contributed by atoms with van der Waals surface area (Å²) in [6.07, 6.45) is 2.40. The molecule has 0 aliphatic carbocycles. The van der Waals surface area contributed by atoms with E-state index in [1.807, 2.05) is 30.3 Å². The van der Waals surface area contributed by atoms with E-state index in [4.69, 9.17) is 16.3 Å². The lowest BCUT2D eigenvalue weighted by atomic mass is 10.1. The van der Waals surface area contributed by atoms with Gasteiger partial charge in [0.15, 0.2) is 0 Å². The van der Waals surface area contributed by atoms with Gasteiger partial charge in [0, 0.05) is 19.3 Å². The van der Waals surface area contributed by atoms with Crippen LogP contribution in [-0.2, 0) is 13.0 Å². The first kappa shape index (κ1) is 16.1. The zero-order chi connectivity index (χ0) is 15.8. The highest BCUT2D eigenvalue weighted by Crippen LogP contribution is 2.11. The highest BCUT2D eigenvalue weighted by atomic mass is 35.5. The predicted octanol–water partition coefficient (Wildman–Crippen LogP) is 2.79. The Balaban J connectivity index is 1.67. The van der Waals surface area contributed by atoms with E-state index in [0.29, 0.717) is 18.2 Å². The molecule has 0 saturated heterocycles. The molecule has 0 fully saturated rings. The van der Waals surface area contributed by atoms with Crippen LogP contribution in [0.5, 0.6) is 5.75 Å². The fourth-order valence-corrected chi connectivity index (χ4v) is 1.98. The molecule has 0 atom stereocenters. The lowest BCUT2D eigenvalue weighted by molar-refractivity contribution is 0.240. The molecule has 1 aromatic heterocycles. The van der Waals surface area contributed by atoms with E-state index in [1.54, 1.807) is 19.4 Å². The van der Waals surface area contributed by atoms with Crippen LogP contribution in [0.4, 0.5) is 4.79 Å². The van der Waals surface area contributed by atoms with Gasteiger partial charge in [0.05, 0.1) is 7.11 Å². The highest BCUT2D eigenvalue weighted by Gasteiger charge is 2.01. The van der Waals surface area contributed by atoms with Crippen LogP contribution in [0.3, 0.4) is 0 Å². The maximum atomic E-state index is 11.7. The van der Waals surface area contributed by atoms with Crippen molar-refractivity contribution in [1.29, 1.82) is 0 Å². The molecule has 0 bridgehead atoms. The number of hydrogen-bond acceptors (Lipinski definition) is 3. The van der Waals surface area contributed by atoms with E-state index in [0.717, 1.165) is 23.3 Å². The Bertz CT molecular complexity index is 600. The molecular formula is C16H18ClN3O2. The van der Waals surface area contributed by atoms with Gasteiger partial charge in [-0.25, -0.2) is 9.78 Å². The van der Waals surface area contributed by atoms with Crippen molar-refractivity contribution in [3.05, 3.63) is 58.9 Å².